The first-order valence-corrected chi connectivity index (χ1v) is 7.62. The van der Waals surface area contributed by atoms with E-state index >= 15 is 0 Å². The number of hydrogen-bond acceptors (Lipinski definition) is 3. The number of amides is 1. The van der Waals surface area contributed by atoms with Gasteiger partial charge >= 0.3 is 0 Å². The monoisotopic (exact) mass is 325 g/mol. The molecule has 0 fully saturated rings. The van der Waals surface area contributed by atoms with Gasteiger partial charge < -0.3 is 11.1 Å². The molecule has 1 aliphatic heterocycles. The summed E-state index contributed by atoms with van der Waals surface area (Å²) in [6, 6.07) is 13.2. The summed E-state index contributed by atoms with van der Waals surface area (Å²) in [4.78, 5) is 16.6. The van der Waals surface area contributed by atoms with E-state index in [9.17, 15) is 4.79 Å². The third-order valence-corrected chi connectivity index (χ3v) is 4.04. The van der Waals surface area contributed by atoms with E-state index in [4.69, 9.17) is 17.3 Å². The molecule has 1 atom stereocenters. The predicted molar refractivity (Wildman–Crippen MR) is 94.0 cm³/mol. The van der Waals surface area contributed by atoms with Crippen LogP contribution >= 0.6 is 11.6 Å². The van der Waals surface area contributed by atoms with Crippen molar-refractivity contribution in [3.63, 3.8) is 0 Å². The smallest absolute Gasteiger partial charge is 0.263 e. The Morgan fingerprint density at radius 2 is 2.00 bits per heavy atom. The quantitative estimate of drug-likeness (QED) is 0.851. The van der Waals surface area contributed by atoms with Crippen molar-refractivity contribution in [1.29, 1.82) is 0 Å². The maximum Gasteiger partial charge on any atom is 0.263 e. The molecule has 0 aromatic heterocycles. The van der Waals surface area contributed by atoms with E-state index < -0.39 is 6.17 Å². The number of nitrogens with zero attached hydrogens (tertiary/aromatic N) is 1. The number of hydrogen-bond donors (Lipinski definition) is 2. The molecule has 23 heavy (non-hydrogen) atoms. The zero-order valence-electron chi connectivity index (χ0n) is 12.4. The minimum atomic E-state index is -0.965. The van der Waals surface area contributed by atoms with E-state index in [1.807, 2.05) is 30.3 Å². The summed E-state index contributed by atoms with van der Waals surface area (Å²) in [5, 5.41) is 3.43. The molecule has 1 aliphatic rings. The lowest BCUT2D eigenvalue weighted by Crippen LogP contribution is -2.33. The molecule has 0 saturated carbocycles. The van der Waals surface area contributed by atoms with Crippen molar-refractivity contribution in [2.75, 3.05) is 5.32 Å². The van der Waals surface area contributed by atoms with Crippen molar-refractivity contribution in [2.45, 2.75) is 12.6 Å². The van der Waals surface area contributed by atoms with Crippen LogP contribution in [0, 0.1) is 0 Å². The van der Waals surface area contributed by atoms with Crippen LogP contribution < -0.4 is 11.1 Å². The van der Waals surface area contributed by atoms with E-state index in [2.05, 4.69) is 16.9 Å². The zero-order valence-corrected chi connectivity index (χ0v) is 13.2. The Kier molecular flexibility index (Phi) is 4.28. The summed E-state index contributed by atoms with van der Waals surface area (Å²) < 4.78 is 0. The highest BCUT2D eigenvalue weighted by Gasteiger charge is 2.26. The van der Waals surface area contributed by atoms with Gasteiger partial charge in [-0.25, -0.2) is 0 Å². The Bertz CT molecular complexity index is 799. The zero-order chi connectivity index (χ0) is 16.4. The fraction of sp³-hybridized carbons (Fsp3) is 0.111. The second-order valence-corrected chi connectivity index (χ2v) is 5.63. The van der Waals surface area contributed by atoms with Crippen LogP contribution in [0.15, 0.2) is 60.1 Å². The number of halogens is 1. The Morgan fingerprint density at radius 1 is 1.26 bits per heavy atom. The number of benzodiazepines with no additional fused rings is 1. The largest absolute Gasteiger partial charge is 0.322 e. The van der Waals surface area contributed by atoms with Crippen molar-refractivity contribution in [3.8, 4) is 0 Å². The minimum absolute atomic E-state index is 0.343. The number of allylic oxidation sites excluding steroid dienone is 1. The molecular weight excluding hydrogens is 310 g/mol. The van der Waals surface area contributed by atoms with Gasteiger partial charge in [-0.05, 0) is 24.1 Å². The number of carbonyl (C=O) groups is 1. The summed E-state index contributed by atoms with van der Waals surface area (Å²) in [6.45, 7) is 3.79. The minimum Gasteiger partial charge on any atom is -0.322 e. The van der Waals surface area contributed by atoms with Crippen LogP contribution in [0.4, 0.5) is 5.69 Å². The molecule has 2 aromatic rings. The number of fused-ring (bicyclic) bond motifs is 1. The van der Waals surface area contributed by atoms with Crippen LogP contribution in [0.25, 0.3) is 0 Å². The lowest BCUT2D eigenvalue weighted by molar-refractivity contribution is -0.117. The third-order valence-electron chi connectivity index (χ3n) is 3.68. The topological polar surface area (TPSA) is 67.5 Å². The van der Waals surface area contributed by atoms with Gasteiger partial charge in [-0.3, -0.25) is 9.79 Å². The normalized spacial score (nSPS) is 16.9. The van der Waals surface area contributed by atoms with Crippen LogP contribution in [-0.4, -0.2) is 17.8 Å². The molecule has 5 heteroatoms. The molecule has 0 radical (unpaired) electrons. The van der Waals surface area contributed by atoms with Gasteiger partial charge in [-0.2, -0.15) is 0 Å². The highest BCUT2D eigenvalue weighted by molar-refractivity contribution is 6.33. The molecule has 0 aliphatic carbocycles. The number of rotatable bonds is 3. The summed E-state index contributed by atoms with van der Waals surface area (Å²) >= 11 is 6.37. The highest BCUT2D eigenvalue weighted by Crippen LogP contribution is 2.32. The summed E-state index contributed by atoms with van der Waals surface area (Å²) in [6.07, 6.45) is 1.38. The van der Waals surface area contributed by atoms with E-state index in [0.717, 1.165) is 16.7 Å². The van der Waals surface area contributed by atoms with Gasteiger partial charge in [0, 0.05) is 16.1 Å². The van der Waals surface area contributed by atoms with Crippen molar-refractivity contribution in [1.82, 2.24) is 0 Å². The van der Waals surface area contributed by atoms with E-state index in [1.54, 1.807) is 18.2 Å². The molecule has 116 valence electrons. The predicted octanol–water partition coefficient (Wildman–Crippen LogP) is 3.14. The summed E-state index contributed by atoms with van der Waals surface area (Å²) in [5.41, 5.74) is 9.76. The van der Waals surface area contributed by atoms with E-state index in [0.29, 0.717) is 22.8 Å². The molecule has 2 aromatic carbocycles. The Balaban J connectivity index is 2.31. The lowest BCUT2D eigenvalue weighted by atomic mass is 9.94. The van der Waals surface area contributed by atoms with Crippen LogP contribution in [0.3, 0.4) is 0 Å². The molecule has 0 saturated heterocycles. The van der Waals surface area contributed by atoms with E-state index in [1.165, 1.54) is 0 Å². The first kappa shape index (κ1) is 15.5. The highest BCUT2D eigenvalue weighted by atomic mass is 35.5. The molecule has 1 unspecified atom stereocenters. The van der Waals surface area contributed by atoms with Gasteiger partial charge in [0.15, 0.2) is 6.17 Å². The molecule has 1 amide bonds. The average Bonchev–Trinajstić information content (AvgIpc) is 2.69. The van der Waals surface area contributed by atoms with Crippen LogP contribution in [0.1, 0.15) is 16.7 Å². The first-order valence-electron chi connectivity index (χ1n) is 7.24. The Hall–Kier alpha value is -2.43. The van der Waals surface area contributed by atoms with Crippen molar-refractivity contribution < 1.29 is 4.79 Å². The van der Waals surface area contributed by atoms with Crippen LogP contribution in [0.2, 0.25) is 5.02 Å². The Labute approximate surface area is 139 Å². The molecule has 3 rings (SSSR count). The lowest BCUT2D eigenvalue weighted by Gasteiger charge is -2.16. The van der Waals surface area contributed by atoms with Gasteiger partial charge in [0.05, 0.1) is 11.4 Å². The molecule has 3 N–H and O–H groups in total. The number of benzene rings is 2. The third kappa shape index (κ3) is 2.91. The number of anilines is 1. The number of aliphatic imine (C=N–C) groups is 1. The van der Waals surface area contributed by atoms with Crippen LogP contribution in [0.5, 0.6) is 0 Å². The number of nitrogens with one attached hydrogen (secondary N) is 1. The number of carbonyl (C=O) groups excluding carboxylic acids is 1. The second-order valence-electron chi connectivity index (χ2n) is 5.22. The molecule has 4 nitrogen and oxygen atoms in total. The van der Waals surface area contributed by atoms with Crippen molar-refractivity contribution in [3.05, 3.63) is 76.8 Å². The molecule has 0 spiro atoms. The Morgan fingerprint density at radius 3 is 2.70 bits per heavy atom. The van der Waals surface area contributed by atoms with Crippen molar-refractivity contribution in [2.24, 2.45) is 10.7 Å². The molecular formula is C18H16ClN3O. The maximum absolute atomic E-state index is 12.1. The SMILES string of the molecule is C=CCc1c(Cl)ccc2c1C(c1ccccc1)=NC(N)C(=O)N2. The van der Waals surface area contributed by atoms with Crippen LogP contribution in [-0.2, 0) is 11.2 Å². The standard InChI is InChI=1S/C18H16ClN3O/c1-2-6-12-13(19)9-10-14-15(12)16(11-7-4-3-5-8-11)22-17(20)18(23)21-14/h2-5,7-10,17H,1,6,20H2,(H,21,23). The van der Waals surface area contributed by atoms with E-state index in [-0.39, 0.29) is 5.91 Å². The average molecular weight is 326 g/mol. The van der Waals surface area contributed by atoms with Gasteiger partial charge in [0.1, 0.15) is 0 Å². The summed E-state index contributed by atoms with van der Waals surface area (Å²) in [5.74, 6) is -0.343. The molecule has 1 heterocycles. The maximum atomic E-state index is 12.1. The van der Waals surface area contributed by atoms with Gasteiger partial charge in [-0.15, -0.1) is 6.58 Å². The summed E-state index contributed by atoms with van der Waals surface area (Å²) in [7, 11) is 0. The van der Waals surface area contributed by atoms with Crippen molar-refractivity contribution >= 4 is 28.9 Å². The number of nitrogens with two attached hydrogens (primary N) is 1. The fourth-order valence-electron chi connectivity index (χ4n) is 2.62. The van der Waals surface area contributed by atoms with Gasteiger partial charge in [-0.1, -0.05) is 48.0 Å². The van der Waals surface area contributed by atoms with Gasteiger partial charge in [0.2, 0.25) is 0 Å². The van der Waals surface area contributed by atoms with Gasteiger partial charge in [0.25, 0.3) is 5.91 Å². The second kappa shape index (κ2) is 6.36. The first-order chi connectivity index (χ1) is 11.1. The fourth-order valence-corrected chi connectivity index (χ4v) is 2.86. The molecule has 0 bridgehead atoms.